The van der Waals surface area contributed by atoms with Crippen molar-refractivity contribution in [1.29, 1.82) is 0 Å². The van der Waals surface area contributed by atoms with Crippen LogP contribution in [0.2, 0.25) is 0 Å². The molecular weight excluding hydrogens is 406 g/mol. The van der Waals surface area contributed by atoms with E-state index in [1.54, 1.807) is 4.90 Å². The second-order valence-electron chi connectivity index (χ2n) is 7.42. The van der Waals surface area contributed by atoms with Crippen LogP contribution in [0, 0.1) is 17.6 Å². The van der Waals surface area contributed by atoms with Gasteiger partial charge in [0.25, 0.3) is 5.91 Å². The van der Waals surface area contributed by atoms with Crippen molar-refractivity contribution in [3.05, 3.63) is 29.8 Å². The summed E-state index contributed by atoms with van der Waals surface area (Å²) in [6.07, 6.45) is 1.92. The summed E-state index contributed by atoms with van der Waals surface area (Å²) >= 11 is 0. The zero-order valence-corrected chi connectivity index (χ0v) is 16.9. The van der Waals surface area contributed by atoms with Crippen LogP contribution >= 0.6 is 12.4 Å². The number of carbonyl (C=O) groups excluding carboxylic acids is 3. The first-order chi connectivity index (χ1) is 13.3. The number of nitrogens with one attached hydrogen (secondary N) is 1. The van der Waals surface area contributed by atoms with Crippen LogP contribution in [0.3, 0.4) is 0 Å². The molecule has 2 aliphatic heterocycles. The van der Waals surface area contributed by atoms with Crippen molar-refractivity contribution in [3.8, 4) is 0 Å². The normalized spacial score (nSPS) is 24.3. The van der Waals surface area contributed by atoms with Crippen LogP contribution < -0.4 is 16.0 Å². The molecule has 7 nitrogen and oxygen atoms in total. The number of hydrogen-bond acceptors (Lipinski definition) is 4. The van der Waals surface area contributed by atoms with Crippen molar-refractivity contribution in [3.63, 3.8) is 0 Å². The van der Waals surface area contributed by atoms with Crippen molar-refractivity contribution in [2.45, 2.75) is 44.7 Å². The molecule has 2 saturated heterocycles. The van der Waals surface area contributed by atoms with Gasteiger partial charge in [-0.3, -0.25) is 9.59 Å². The highest BCUT2D eigenvalue weighted by molar-refractivity contribution is 6.21. The largest absolute Gasteiger partial charge is 0.338 e. The van der Waals surface area contributed by atoms with Crippen LogP contribution in [-0.4, -0.2) is 47.9 Å². The first-order valence-electron chi connectivity index (χ1n) is 9.40. The summed E-state index contributed by atoms with van der Waals surface area (Å²) in [6, 6.07) is 0.878. The minimum Gasteiger partial charge on any atom is -0.338 e. The number of urea groups is 1. The highest BCUT2D eigenvalue weighted by Crippen LogP contribution is 2.26. The number of likely N-dealkylation sites (tertiary alicyclic amines) is 1. The van der Waals surface area contributed by atoms with Gasteiger partial charge in [-0.15, -0.1) is 12.4 Å². The maximum absolute atomic E-state index is 14.0. The maximum Gasteiger partial charge on any atom is 0.329 e. The Bertz CT molecular complexity index is 795. The lowest BCUT2D eigenvalue weighted by atomic mass is 9.92. The molecule has 0 aromatic heterocycles. The lowest BCUT2D eigenvalue weighted by molar-refractivity contribution is -0.135. The number of carbonyl (C=O) groups is 3. The van der Waals surface area contributed by atoms with Crippen LogP contribution in [0.5, 0.6) is 0 Å². The third-order valence-corrected chi connectivity index (χ3v) is 5.39. The molecule has 3 N–H and O–H groups in total. The fourth-order valence-corrected chi connectivity index (χ4v) is 3.83. The molecule has 0 radical (unpaired) electrons. The molecule has 2 heterocycles. The van der Waals surface area contributed by atoms with E-state index in [2.05, 4.69) is 12.2 Å². The number of rotatable bonds is 5. The Hall–Kier alpha value is -2.26. The third kappa shape index (κ3) is 4.84. The number of nitrogens with two attached hydrogens (primary N) is 1. The van der Waals surface area contributed by atoms with Gasteiger partial charge in [0, 0.05) is 31.6 Å². The van der Waals surface area contributed by atoms with Crippen molar-refractivity contribution < 1.29 is 23.2 Å². The summed E-state index contributed by atoms with van der Waals surface area (Å²) in [5, 5.41) is 2.47. The summed E-state index contributed by atoms with van der Waals surface area (Å²) in [6.45, 7) is 3.13. The van der Waals surface area contributed by atoms with Gasteiger partial charge in [0.15, 0.2) is 0 Å². The SMILES string of the molecule is CC1CCN(C(=O)CCC2NC(=O)N(c3ccc(F)cc3F)C2=O)C(CN)C1.Cl. The van der Waals surface area contributed by atoms with E-state index >= 15 is 0 Å². The molecule has 160 valence electrons. The van der Waals surface area contributed by atoms with Crippen LogP contribution in [0.4, 0.5) is 19.3 Å². The van der Waals surface area contributed by atoms with Gasteiger partial charge in [-0.2, -0.15) is 0 Å². The fraction of sp³-hybridized carbons (Fsp3) is 0.526. The van der Waals surface area contributed by atoms with Gasteiger partial charge in [0.05, 0.1) is 5.69 Å². The van der Waals surface area contributed by atoms with Crippen LogP contribution in [0.25, 0.3) is 0 Å². The quantitative estimate of drug-likeness (QED) is 0.700. The lowest BCUT2D eigenvalue weighted by Gasteiger charge is -2.38. The van der Waals surface area contributed by atoms with Crippen molar-refractivity contribution in [2.24, 2.45) is 11.7 Å². The summed E-state index contributed by atoms with van der Waals surface area (Å²) in [4.78, 5) is 39.7. The van der Waals surface area contributed by atoms with Gasteiger partial charge in [0.2, 0.25) is 5.91 Å². The van der Waals surface area contributed by atoms with E-state index in [0.717, 1.165) is 25.0 Å². The number of imide groups is 1. The Kier molecular flexibility index (Phi) is 7.54. The van der Waals surface area contributed by atoms with Crippen LogP contribution in [0.1, 0.15) is 32.6 Å². The Morgan fingerprint density at radius 2 is 2.03 bits per heavy atom. The van der Waals surface area contributed by atoms with Gasteiger partial charge in [-0.1, -0.05) is 6.92 Å². The molecule has 3 atom stereocenters. The van der Waals surface area contributed by atoms with Crippen LogP contribution in [0.15, 0.2) is 18.2 Å². The number of amides is 4. The second-order valence-corrected chi connectivity index (χ2v) is 7.42. The number of halogens is 3. The topological polar surface area (TPSA) is 95.7 Å². The minimum absolute atomic E-state index is 0. The van der Waals surface area contributed by atoms with Gasteiger partial charge in [0.1, 0.15) is 17.7 Å². The van der Waals surface area contributed by atoms with Crippen molar-refractivity contribution in [1.82, 2.24) is 10.2 Å². The van der Waals surface area contributed by atoms with Gasteiger partial charge in [-0.05, 0) is 37.3 Å². The molecule has 10 heteroatoms. The van der Waals surface area contributed by atoms with E-state index < -0.39 is 29.6 Å². The first kappa shape index (κ1) is 23.0. The highest BCUT2D eigenvalue weighted by atomic mass is 35.5. The minimum atomic E-state index is -1.01. The number of anilines is 1. The van der Waals surface area contributed by atoms with Gasteiger partial charge < -0.3 is 16.0 Å². The van der Waals surface area contributed by atoms with Crippen LogP contribution in [-0.2, 0) is 9.59 Å². The predicted octanol–water partition coefficient (Wildman–Crippen LogP) is 2.18. The average molecular weight is 431 g/mol. The highest BCUT2D eigenvalue weighted by Gasteiger charge is 2.40. The second kappa shape index (κ2) is 9.49. The Labute approximate surface area is 174 Å². The molecule has 1 aromatic carbocycles. The molecule has 4 amide bonds. The molecule has 2 aliphatic rings. The zero-order chi connectivity index (χ0) is 20.4. The van der Waals surface area contributed by atoms with E-state index in [-0.39, 0.29) is 42.9 Å². The molecular formula is C19H25ClF2N4O3. The van der Waals surface area contributed by atoms with Crippen molar-refractivity contribution >= 4 is 35.9 Å². The van der Waals surface area contributed by atoms with E-state index in [0.29, 0.717) is 30.0 Å². The number of piperidine rings is 1. The van der Waals surface area contributed by atoms with Crippen molar-refractivity contribution in [2.75, 3.05) is 18.0 Å². The van der Waals surface area contributed by atoms with Gasteiger partial charge >= 0.3 is 6.03 Å². The van der Waals surface area contributed by atoms with E-state index in [9.17, 15) is 23.2 Å². The molecule has 0 bridgehead atoms. The monoisotopic (exact) mass is 430 g/mol. The maximum atomic E-state index is 14.0. The molecule has 0 saturated carbocycles. The average Bonchev–Trinajstić information content (AvgIpc) is 2.93. The van der Waals surface area contributed by atoms with E-state index in [1.165, 1.54) is 0 Å². The molecule has 3 rings (SSSR count). The first-order valence-corrected chi connectivity index (χ1v) is 9.40. The summed E-state index contributed by atoms with van der Waals surface area (Å²) in [5.74, 6) is -2.08. The Morgan fingerprint density at radius 3 is 2.69 bits per heavy atom. The smallest absolute Gasteiger partial charge is 0.329 e. The summed E-state index contributed by atoms with van der Waals surface area (Å²) in [5.41, 5.74) is 5.47. The third-order valence-electron chi connectivity index (χ3n) is 5.39. The standard InChI is InChI=1S/C19H24F2N4O3.ClH/c1-11-6-7-24(13(8-11)10-22)17(26)5-3-15-18(27)25(19(28)23-15)16-4-2-12(20)9-14(16)21;/h2,4,9,11,13,15H,3,5-8,10,22H2,1H3,(H,23,28);1H. The Balaban J connectivity index is 0.00000300. The summed E-state index contributed by atoms with van der Waals surface area (Å²) < 4.78 is 27.0. The van der Waals surface area contributed by atoms with E-state index in [4.69, 9.17) is 5.73 Å². The molecule has 1 aromatic rings. The Morgan fingerprint density at radius 1 is 1.31 bits per heavy atom. The molecule has 0 aliphatic carbocycles. The lowest BCUT2D eigenvalue weighted by Crippen LogP contribution is -2.49. The van der Waals surface area contributed by atoms with Gasteiger partial charge in [-0.25, -0.2) is 18.5 Å². The molecule has 0 spiro atoms. The number of hydrogen-bond donors (Lipinski definition) is 2. The zero-order valence-electron chi connectivity index (χ0n) is 16.1. The molecule has 3 unspecified atom stereocenters. The van der Waals surface area contributed by atoms with E-state index in [1.807, 2.05) is 0 Å². The number of benzene rings is 1. The molecule has 29 heavy (non-hydrogen) atoms. The number of nitrogens with zero attached hydrogens (tertiary/aromatic N) is 2. The molecule has 2 fully saturated rings. The predicted molar refractivity (Wildman–Crippen MR) is 106 cm³/mol. The fourth-order valence-electron chi connectivity index (χ4n) is 3.83. The summed E-state index contributed by atoms with van der Waals surface area (Å²) in [7, 11) is 0.